The molecule has 2 N–H and O–H groups in total. The van der Waals surface area contributed by atoms with E-state index in [1.165, 1.54) is 18.3 Å². The molecule has 0 saturated carbocycles. The minimum Gasteiger partial charge on any atom is -0.487 e. The van der Waals surface area contributed by atoms with Gasteiger partial charge in [-0.1, -0.05) is 0 Å². The maximum atomic E-state index is 12.3. The second kappa shape index (κ2) is 8.00. The molecule has 0 aliphatic heterocycles. The van der Waals surface area contributed by atoms with Crippen LogP contribution < -0.4 is 19.2 Å². The van der Waals surface area contributed by atoms with Gasteiger partial charge >= 0.3 is 10.1 Å². The van der Waals surface area contributed by atoms with Crippen molar-refractivity contribution in [3.8, 4) is 11.5 Å². The molecule has 0 radical (unpaired) electrons. The van der Waals surface area contributed by atoms with Gasteiger partial charge in [-0.05, 0) is 30.7 Å². The van der Waals surface area contributed by atoms with E-state index >= 15 is 0 Å². The van der Waals surface area contributed by atoms with Crippen LogP contribution in [0.5, 0.6) is 11.5 Å². The van der Waals surface area contributed by atoms with E-state index < -0.39 is 10.1 Å². The molecule has 0 unspecified atom stereocenters. The number of hydrogen-bond donors (Lipinski definition) is 1. The molecule has 9 heteroatoms. The quantitative estimate of drug-likeness (QED) is 0.372. The standard InChI is InChI=1S/C18H18N4O4S/c1-14-10-16(25-9-8-22-6-3-15(19)4-7-22)12-17(11-14)26-27(23,24)18-2-5-20-13-21-18/h2-7,10-13,19H,8-9H2,1H3/p+1. The SMILES string of the molecule is Cc1cc(OCC[n+]2ccc(N)cc2)cc(OS(=O)(=O)c2ccncn2)c1. The lowest BCUT2D eigenvalue weighted by Gasteiger charge is -2.10. The maximum absolute atomic E-state index is 12.3. The first-order valence-electron chi connectivity index (χ1n) is 8.12. The van der Waals surface area contributed by atoms with Crippen molar-refractivity contribution >= 4 is 15.8 Å². The molecule has 0 amide bonds. The third kappa shape index (κ3) is 5.14. The van der Waals surface area contributed by atoms with Gasteiger partial charge in [0.25, 0.3) is 0 Å². The Kier molecular flexibility index (Phi) is 5.51. The van der Waals surface area contributed by atoms with Crippen LogP contribution in [0.1, 0.15) is 5.56 Å². The third-order valence-corrected chi connectivity index (χ3v) is 4.74. The predicted molar refractivity (Wildman–Crippen MR) is 97.6 cm³/mol. The van der Waals surface area contributed by atoms with Crippen molar-refractivity contribution in [3.63, 3.8) is 0 Å². The Balaban J connectivity index is 1.68. The highest BCUT2D eigenvalue weighted by atomic mass is 32.2. The molecule has 0 aliphatic carbocycles. The molecule has 8 nitrogen and oxygen atoms in total. The lowest BCUT2D eigenvalue weighted by molar-refractivity contribution is -0.697. The number of nitrogen functional groups attached to an aromatic ring is 1. The van der Waals surface area contributed by atoms with Gasteiger partial charge < -0.3 is 14.7 Å². The van der Waals surface area contributed by atoms with E-state index in [4.69, 9.17) is 14.7 Å². The van der Waals surface area contributed by atoms with Gasteiger partial charge in [-0.2, -0.15) is 8.42 Å². The summed E-state index contributed by atoms with van der Waals surface area (Å²) in [5.41, 5.74) is 7.15. The van der Waals surface area contributed by atoms with Crippen LogP contribution in [0.2, 0.25) is 0 Å². The van der Waals surface area contributed by atoms with Crippen molar-refractivity contribution in [2.75, 3.05) is 12.3 Å². The summed E-state index contributed by atoms with van der Waals surface area (Å²) in [5, 5.41) is -0.207. The smallest absolute Gasteiger partial charge is 0.357 e. The van der Waals surface area contributed by atoms with Crippen molar-refractivity contribution in [1.82, 2.24) is 9.97 Å². The molecule has 0 fully saturated rings. The number of benzene rings is 1. The van der Waals surface area contributed by atoms with Gasteiger partial charge in [-0.25, -0.2) is 14.5 Å². The van der Waals surface area contributed by atoms with E-state index in [-0.39, 0.29) is 10.8 Å². The number of aryl methyl sites for hydroxylation is 1. The number of nitrogens with zero attached hydrogens (tertiary/aromatic N) is 3. The second-order valence-electron chi connectivity index (χ2n) is 5.78. The van der Waals surface area contributed by atoms with Gasteiger partial charge in [0.05, 0.1) is 0 Å². The van der Waals surface area contributed by atoms with Crippen LogP contribution in [0.25, 0.3) is 0 Å². The largest absolute Gasteiger partial charge is 0.487 e. The zero-order valence-corrected chi connectivity index (χ0v) is 15.5. The molecular weight excluding hydrogens is 368 g/mol. The predicted octanol–water partition coefficient (Wildman–Crippen LogP) is 1.50. The molecule has 0 spiro atoms. The molecule has 2 heterocycles. The molecule has 27 heavy (non-hydrogen) atoms. The average Bonchev–Trinajstić information content (AvgIpc) is 2.63. The van der Waals surface area contributed by atoms with Crippen molar-refractivity contribution in [2.45, 2.75) is 18.5 Å². The zero-order valence-electron chi connectivity index (χ0n) is 14.6. The molecule has 0 atom stereocenters. The highest BCUT2D eigenvalue weighted by Crippen LogP contribution is 2.25. The first-order valence-corrected chi connectivity index (χ1v) is 9.53. The fraction of sp³-hybridized carbons (Fsp3) is 0.167. The van der Waals surface area contributed by atoms with Crippen LogP contribution in [0.15, 0.2) is 66.3 Å². The first kappa shape index (κ1) is 18.6. The van der Waals surface area contributed by atoms with Crippen LogP contribution >= 0.6 is 0 Å². The minimum atomic E-state index is -4.04. The van der Waals surface area contributed by atoms with Crippen LogP contribution in [-0.2, 0) is 16.7 Å². The number of pyridine rings is 1. The molecular formula is C18H19N4O4S+. The Labute approximate surface area is 157 Å². The van der Waals surface area contributed by atoms with Crippen molar-refractivity contribution < 1.29 is 21.9 Å². The normalized spacial score (nSPS) is 11.1. The van der Waals surface area contributed by atoms with Gasteiger partial charge in [-0.15, -0.1) is 0 Å². The lowest BCUT2D eigenvalue weighted by atomic mass is 10.2. The van der Waals surface area contributed by atoms with Gasteiger partial charge in [0.15, 0.2) is 24.0 Å². The highest BCUT2D eigenvalue weighted by Gasteiger charge is 2.18. The summed E-state index contributed by atoms with van der Waals surface area (Å²) in [6.45, 7) is 2.84. The third-order valence-electron chi connectivity index (χ3n) is 3.58. The fourth-order valence-electron chi connectivity index (χ4n) is 2.33. The molecule has 0 saturated heterocycles. The Morgan fingerprint density at radius 2 is 1.85 bits per heavy atom. The van der Waals surface area contributed by atoms with Crippen LogP contribution in [0, 0.1) is 6.92 Å². The molecule has 3 rings (SSSR count). The molecule has 0 aliphatic rings. The summed E-state index contributed by atoms with van der Waals surface area (Å²) in [4.78, 5) is 7.41. The fourth-order valence-corrected chi connectivity index (χ4v) is 3.17. The number of ether oxygens (including phenoxy) is 1. The number of nitrogens with two attached hydrogens (primary N) is 1. The van der Waals surface area contributed by atoms with Crippen LogP contribution in [-0.4, -0.2) is 25.0 Å². The summed E-state index contributed by atoms with van der Waals surface area (Å²) in [6.07, 6.45) is 6.20. The van der Waals surface area contributed by atoms with Gasteiger partial charge in [0.2, 0.25) is 0 Å². The van der Waals surface area contributed by atoms with E-state index in [2.05, 4.69) is 9.97 Å². The van der Waals surface area contributed by atoms with Crippen LogP contribution in [0.3, 0.4) is 0 Å². The molecule has 2 aromatic heterocycles. The van der Waals surface area contributed by atoms with E-state index in [0.29, 0.717) is 24.6 Å². The number of anilines is 1. The molecule has 3 aromatic rings. The van der Waals surface area contributed by atoms with Crippen molar-refractivity contribution in [1.29, 1.82) is 0 Å². The van der Waals surface area contributed by atoms with Gasteiger partial charge in [0, 0.05) is 30.1 Å². The van der Waals surface area contributed by atoms with E-state index in [1.54, 1.807) is 24.3 Å². The highest BCUT2D eigenvalue weighted by molar-refractivity contribution is 7.87. The number of aromatic nitrogens is 3. The molecule has 0 bridgehead atoms. The maximum Gasteiger partial charge on any atom is 0.357 e. The summed E-state index contributed by atoms with van der Waals surface area (Å²) in [6, 6.07) is 9.82. The first-order chi connectivity index (χ1) is 12.9. The summed E-state index contributed by atoms with van der Waals surface area (Å²) < 4.78 is 37.4. The van der Waals surface area contributed by atoms with Gasteiger partial charge in [0.1, 0.15) is 24.4 Å². The summed E-state index contributed by atoms with van der Waals surface area (Å²) >= 11 is 0. The average molecular weight is 387 g/mol. The van der Waals surface area contributed by atoms with Crippen molar-refractivity contribution in [3.05, 3.63) is 66.9 Å². The Bertz CT molecular complexity index is 1010. The van der Waals surface area contributed by atoms with Gasteiger partial charge in [-0.3, -0.25) is 0 Å². The lowest BCUT2D eigenvalue weighted by Crippen LogP contribution is -2.35. The summed E-state index contributed by atoms with van der Waals surface area (Å²) in [7, 11) is -4.04. The molecule has 140 valence electrons. The Morgan fingerprint density at radius 1 is 1.11 bits per heavy atom. The minimum absolute atomic E-state index is 0.156. The number of rotatable bonds is 7. The van der Waals surface area contributed by atoms with Crippen molar-refractivity contribution in [2.24, 2.45) is 0 Å². The monoisotopic (exact) mass is 387 g/mol. The van der Waals surface area contributed by atoms with E-state index in [1.807, 2.05) is 23.9 Å². The molecule has 1 aromatic carbocycles. The number of hydrogen-bond acceptors (Lipinski definition) is 7. The topological polar surface area (TPSA) is 108 Å². The Morgan fingerprint density at radius 3 is 2.56 bits per heavy atom. The van der Waals surface area contributed by atoms with E-state index in [0.717, 1.165) is 11.9 Å². The summed E-state index contributed by atoms with van der Waals surface area (Å²) in [5.74, 6) is 0.669. The van der Waals surface area contributed by atoms with Crippen LogP contribution in [0.4, 0.5) is 5.69 Å². The van der Waals surface area contributed by atoms with E-state index in [9.17, 15) is 8.42 Å². The second-order valence-corrected chi connectivity index (χ2v) is 7.28. The Hall–Kier alpha value is -3.20. The zero-order chi connectivity index (χ0) is 19.3.